The second kappa shape index (κ2) is 4.56. The van der Waals surface area contributed by atoms with Crippen LogP contribution in [0.4, 0.5) is 5.69 Å². The molecule has 0 saturated carbocycles. The van der Waals surface area contributed by atoms with Crippen molar-refractivity contribution in [1.82, 2.24) is 0 Å². The third-order valence-electron chi connectivity index (χ3n) is 1.43. The lowest BCUT2D eigenvalue weighted by molar-refractivity contribution is 1.33. The van der Waals surface area contributed by atoms with Crippen LogP contribution in [0.15, 0.2) is 42.5 Å². The quantitative estimate of drug-likeness (QED) is 0.648. The lowest BCUT2D eigenvalue weighted by Gasteiger charge is -2.00. The first-order chi connectivity index (χ1) is 5.43. The monoisotopic (exact) mass is 147 g/mol. The summed E-state index contributed by atoms with van der Waals surface area (Å²) in [5.74, 6) is 0. The molecule has 1 heteroatoms. The normalized spacial score (nSPS) is 10.3. The molecule has 58 valence electrons. The van der Waals surface area contributed by atoms with Crippen molar-refractivity contribution in [2.45, 2.75) is 6.92 Å². The minimum atomic E-state index is 0.903. The maximum atomic E-state index is 3.26. The Morgan fingerprint density at radius 2 is 2.00 bits per heavy atom. The smallest absolute Gasteiger partial charge is 0.0342 e. The maximum absolute atomic E-state index is 3.26. The van der Waals surface area contributed by atoms with Crippen molar-refractivity contribution >= 4 is 5.69 Å². The molecular formula is C10H13N. The van der Waals surface area contributed by atoms with E-state index in [2.05, 4.69) is 23.5 Å². The van der Waals surface area contributed by atoms with Crippen LogP contribution in [0, 0.1) is 0 Å². The van der Waals surface area contributed by atoms with Gasteiger partial charge in [-0.2, -0.15) is 0 Å². The molecule has 1 nitrogen and oxygen atoms in total. The third kappa shape index (κ3) is 2.89. The number of hydrogen-bond acceptors (Lipinski definition) is 1. The summed E-state index contributed by atoms with van der Waals surface area (Å²) in [5.41, 5.74) is 1.17. The van der Waals surface area contributed by atoms with Crippen molar-refractivity contribution in [2.24, 2.45) is 0 Å². The molecule has 0 amide bonds. The highest BCUT2D eigenvalue weighted by Crippen LogP contribution is 2.03. The van der Waals surface area contributed by atoms with Crippen LogP contribution in [-0.4, -0.2) is 6.54 Å². The van der Waals surface area contributed by atoms with Gasteiger partial charge in [-0.25, -0.2) is 0 Å². The summed E-state index contributed by atoms with van der Waals surface area (Å²) in [6, 6.07) is 10.2. The van der Waals surface area contributed by atoms with Crippen LogP contribution in [0.5, 0.6) is 0 Å². The van der Waals surface area contributed by atoms with E-state index in [1.807, 2.05) is 31.2 Å². The van der Waals surface area contributed by atoms with Gasteiger partial charge in [0.25, 0.3) is 0 Å². The fourth-order valence-electron chi connectivity index (χ4n) is 0.851. The molecule has 1 rings (SSSR count). The van der Waals surface area contributed by atoms with Gasteiger partial charge in [0.2, 0.25) is 0 Å². The van der Waals surface area contributed by atoms with Crippen molar-refractivity contribution in [3.63, 3.8) is 0 Å². The summed E-state index contributed by atoms with van der Waals surface area (Å²) in [4.78, 5) is 0. The van der Waals surface area contributed by atoms with Crippen LogP contribution in [0.1, 0.15) is 6.92 Å². The molecule has 0 aromatic heterocycles. The molecular weight excluding hydrogens is 134 g/mol. The lowest BCUT2D eigenvalue weighted by Crippen LogP contribution is -1.96. The van der Waals surface area contributed by atoms with E-state index in [1.54, 1.807) is 0 Å². The highest BCUT2D eigenvalue weighted by molar-refractivity contribution is 5.42. The molecule has 0 aliphatic carbocycles. The van der Waals surface area contributed by atoms with Gasteiger partial charge in [0.15, 0.2) is 0 Å². The molecule has 0 atom stereocenters. The summed E-state index contributed by atoms with van der Waals surface area (Å²) < 4.78 is 0. The van der Waals surface area contributed by atoms with Crippen LogP contribution in [0.3, 0.4) is 0 Å². The van der Waals surface area contributed by atoms with Gasteiger partial charge in [0.1, 0.15) is 0 Å². The summed E-state index contributed by atoms with van der Waals surface area (Å²) in [6.45, 7) is 2.92. The van der Waals surface area contributed by atoms with Crippen molar-refractivity contribution in [1.29, 1.82) is 0 Å². The Morgan fingerprint density at radius 3 is 2.64 bits per heavy atom. The Hall–Kier alpha value is -1.24. The third-order valence-corrected chi connectivity index (χ3v) is 1.43. The topological polar surface area (TPSA) is 12.0 Å². The minimum Gasteiger partial charge on any atom is -0.382 e. The van der Waals surface area contributed by atoms with E-state index in [1.165, 1.54) is 5.69 Å². The zero-order valence-electron chi connectivity index (χ0n) is 6.75. The molecule has 0 aliphatic rings. The van der Waals surface area contributed by atoms with Crippen LogP contribution < -0.4 is 5.32 Å². The Bertz CT molecular complexity index is 214. The highest BCUT2D eigenvalue weighted by atomic mass is 14.8. The predicted octanol–water partition coefficient (Wildman–Crippen LogP) is 2.67. The van der Waals surface area contributed by atoms with Gasteiger partial charge in [0.05, 0.1) is 0 Å². The second-order valence-electron chi connectivity index (χ2n) is 2.32. The number of para-hydroxylation sites is 1. The van der Waals surface area contributed by atoms with Gasteiger partial charge >= 0.3 is 0 Å². The number of anilines is 1. The van der Waals surface area contributed by atoms with Gasteiger partial charge in [-0.15, -0.1) is 0 Å². The zero-order valence-corrected chi connectivity index (χ0v) is 6.75. The molecule has 1 aromatic rings. The minimum absolute atomic E-state index is 0.903. The van der Waals surface area contributed by atoms with Crippen LogP contribution in [-0.2, 0) is 0 Å². The first-order valence-electron chi connectivity index (χ1n) is 3.83. The van der Waals surface area contributed by atoms with Gasteiger partial charge in [-0.1, -0.05) is 30.4 Å². The number of hydrogen-bond donors (Lipinski definition) is 1. The van der Waals surface area contributed by atoms with E-state index in [0.717, 1.165) is 6.54 Å². The Kier molecular flexibility index (Phi) is 3.26. The molecule has 0 spiro atoms. The first kappa shape index (κ1) is 7.86. The number of rotatable bonds is 3. The molecule has 1 aromatic carbocycles. The Morgan fingerprint density at radius 1 is 1.27 bits per heavy atom. The number of allylic oxidation sites excluding steroid dienone is 1. The van der Waals surface area contributed by atoms with E-state index in [9.17, 15) is 0 Å². The molecule has 0 fully saturated rings. The van der Waals surface area contributed by atoms with Crippen molar-refractivity contribution in [3.05, 3.63) is 42.5 Å². The summed E-state index contributed by atoms with van der Waals surface area (Å²) in [7, 11) is 0. The first-order valence-corrected chi connectivity index (χ1v) is 3.83. The average molecular weight is 147 g/mol. The van der Waals surface area contributed by atoms with E-state index >= 15 is 0 Å². The SMILES string of the molecule is C/C=C\CNc1ccccc1. The van der Waals surface area contributed by atoms with E-state index in [0.29, 0.717) is 0 Å². The predicted molar refractivity (Wildman–Crippen MR) is 49.7 cm³/mol. The van der Waals surface area contributed by atoms with Gasteiger partial charge in [-0.05, 0) is 19.1 Å². The zero-order chi connectivity index (χ0) is 7.94. The number of nitrogens with one attached hydrogen (secondary N) is 1. The molecule has 0 unspecified atom stereocenters. The fourth-order valence-corrected chi connectivity index (χ4v) is 0.851. The van der Waals surface area contributed by atoms with E-state index in [4.69, 9.17) is 0 Å². The number of benzene rings is 1. The summed E-state index contributed by atoms with van der Waals surface area (Å²) in [5, 5.41) is 3.26. The van der Waals surface area contributed by atoms with Crippen LogP contribution in [0.25, 0.3) is 0 Å². The molecule has 11 heavy (non-hydrogen) atoms. The van der Waals surface area contributed by atoms with Crippen LogP contribution >= 0.6 is 0 Å². The van der Waals surface area contributed by atoms with Crippen molar-refractivity contribution in [2.75, 3.05) is 11.9 Å². The molecule has 0 aliphatic heterocycles. The Balaban J connectivity index is 2.39. The van der Waals surface area contributed by atoms with Crippen LogP contribution in [0.2, 0.25) is 0 Å². The van der Waals surface area contributed by atoms with Crippen molar-refractivity contribution in [3.8, 4) is 0 Å². The molecule has 0 bridgehead atoms. The standard InChI is InChI=1S/C10H13N/c1-2-3-9-11-10-7-5-4-6-8-10/h2-8,11H,9H2,1H3/b3-2-. The maximum Gasteiger partial charge on any atom is 0.0342 e. The summed E-state index contributed by atoms with van der Waals surface area (Å²) in [6.07, 6.45) is 4.13. The van der Waals surface area contributed by atoms with Crippen molar-refractivity contribution < 1.29 is 0 Å². The average Bonchev–Trinajstić information content (AvgIpc) is 2.07. The molecule has 0 heterocycles. The Labute approximate surface area is 67.8 Å². The van der Waals surface area contributed by atoms with Gasteiger partial charge < -0.3 is 5.32 Å². The largest absolute Gasteiger partial charge is 0.382 e. The lowest BCUT2D eigenvalue weighted by atomic mass is 10.3. The van der Waals surface area contributed by atoms with E-state index < -0.39 is 0 Å². The molecule has 0 saturated heterocycles. The molecule has 1 N–H and O–H groups in total. The van der Waals surface area contributed by atoms with Gasteiger partial charge in [-0.3, -0.25) is 0 Å². The second-order valence-corrected chi connectivity index (χ2v) is 2.32. The summed E-state index contributed by atoms with van der Waals surface area (Å²) >= 11 is 0. The van der Waals surface area contributed by atoms with Gasteiger partial charge in [0, 0.05) is 12.2 Å². The van der Waals surface area contributed by atoms with E-state index in [-0.39, 0.29) is 0 Å². The highest BCUT2D eigenvalue weighted by Gasteiger charge is 1.83. The molecule has 0 radical (unpaired) electrons. The fraction of sp³-hybridized carbons (Fsp3) is 0.200.